The molecule has 0 unspecified atom stereocenters. The molecule has 0 saturated carbocycles. The minimum Gasteiger partial charge on any atom is -0.294 e. The molecule has 1 aliphatic rings. The van der Waals surface area contributed by atoms with Gasteiger partial charge >= 0.3 is 0 Å². The molecule has 5 heteroatoms. The van der Waals surface area contributed by atoms with Crippen LogP contribution in [-0.2, 0) is 5.41 Å². The average Bonchev–Trinajstić information content (AvgIpc) is 3.57. The Labute approximate surface area is 266 Å². The van der Waals surface area contributed by atoms with E-state index in [-0.39, 0.29) is 5.41 Å². The molecular formula is C41H29N5. The van der Waals surface area contributed by atoms with E-state index >= 15 is 0 Å². The Bertz CT molecular complexity index is 2370. The number of aromatic nitrogens is 5. The van der Waals surface area contributed by atoms with E-state index in [0.29, 0.717) is 17.5 Å². The van der Waals surface area contributed by atoms with E-state index < -0.39 is 0 Å². The first kappa shape index (κ1) is 26.5. The van der Waals surface area contributed by atoms with Gasteiger partial charge in [-0.05, 0) is 46.5 Å². The van der Waals surface area contributed by atoms with Crippen LogP contribution in [0.3, 0.4) is 0 Å². The summed E-state index contributed by atoms with van der Waals surface area (Å²) < 4.78 is 2.28. The van der Waals surface area contributed by atoms with Crippen LogP contribution in [0.5, 0.6) is 0 Å². The van der Waals surface area contributed by atoms with Crippen LogP contribution >= 0.6 is 0 Å². The molecule has 1 aliphatic carbocycles. The summed E-state index contributed by atoms with van der Waals surface area (Å²) in [6, 6.07) is 46.2. The maximum Gasteiger partial charge on any atom is 0.165 e. The second kappa shape index (κ2) is 10.0. The normalized spacial score (nSPS) is 13.2. The maximum atomic E-state index is 5.03. The second-order valence-electron chi connectivity index (χ2n) is 12.3. The van der Waals surface area contributed by atoms with Gasteiger partial charge in [-0.1, -0.05) is 123 Å². The highest BCUT2D eigenvalue weighted by molar-refractivity contribution is 6.14. The van der Waals surface area contributed by atoms with E-state index in [1.54, 1.807) is 0 Å². The van der Waals surface area contributed by atoms with Gasteiger partial charge < -0.3 is 0 Å². The van der Waals surface area contributed by atoms with Gasteiger partial charge in [0.1, 0.15) is 5.82 Å². The molecule has 0 saturated heterocycles. The fourth-order valence-corrected chi connectivity index (χ4v) is 7.17. The van der Waals surface area contributed by atoms with Crippen LogP contribution < -0.4 is 0 Å². The van der Waals surface area contributed by atoms with Gasteiger partial charge in [-0.15, -0.1) is 0 Å². The van der Waals surface area contributed by atoms with E-state index in [4.69, 9.17) is 19.9 Å². The lowest BCUT2D eigenvalue weighted by molar-refractivity contribution is 0.666. The number of fused-ring (bicyclic) bond motifs is 7. The Balaban J connectivity index is 1.21. The summed E-state index contributed by atoms with van der Waals surface area (Å²) in [5.74, 6) is 2.71. The minimum atomic E-state index is -0.122. The molecule has 5 aromatic carbocycles. The first-order valence-electron chi connectivity index (χ1n) is 15.6. The summed E-state index contributed by atoms with van der Waals surface area (Å²) in [4.78, 5) is 19.7. The van der Waals surface area contributed by atoms with Gasteiger partial charge in [0.15, 0.2) is 17.5 Å². The van der Waals surface area contributed by atoms with Crippen LogP contribution in [0.15, 0.2) is 140 Å². The molecule has 218 valence electrons. The van der Waals surface area contributed by atoms with E-state index in [1.165, 1.54) is 33.0 Å². The molecule has 3 heterocycles. The Kier molecular flexibility index (Phi) is 5.78. The number of rotatable bonds is 4. The molecule has 0 N–H and O–H groups in total. The Morgan fingerprint density at radius 3 is 1.78 bits per heavy atom. The van der Waals surface area contributed by atoms with Crippen LogP contribution in [-0.4, -0.2) is 24.5 Å². The number of pyridine rings is 1. The molecule has 46 heavy (non-hydrogen) atoms. The highest BCUT2D eigenvalue weighted by atomic mass is 15.1. The van der Waals surface area contributed by atoms with E-state index in [1.807, 2.05) is 66.9 Å². The SMILES string of the molecule is CC1(C)c2ccccc2-c2ccc3c(c21)c1ccccc1n3-c1ccc(-c2nc(-c3ccccc3)nc(-c3ccccc3)n2)cn1. The maximum absolute atomic E-state index is 5.03. The standard InChI is InChI=1S/C41H29N5/c1-41(2)32-19-11-9-17-29(32)30-22-23-34-36(37(30)41)31-18-10-12-20-33(31)46(34)35-24-21-28(25-42-35)40-44-38(26-13-5-3-6-14-26)43-39(45-40)27-15-7-4-8-16-27/h3-25H,1-2H3. The van der Waals surface area contributed by atoms with E-state index in [2.05, 4.69) is 91.2 Å². The largest absolute Gasteiger partial charge is 0.294 e. The molecule has 3 aromatic heterocycles. The van der Waals surface area contributed by atoms with Crippen molar-refractivity contribution in [1.29, 1.82) is 0 Å². The van der Waals surface area contributed by atoms with E-state index in [0.717, 1.165) is 33.5 Å². The summed E-state index contributed by atoms with van der Waals surface area (Å²) in [5, 5.41) is 2.52. The van der Waals surface area contributed by atoms with Gasteiger partial charge in [0.2, 0.25) is 0 Å². The highest BCUT2D eigenvalue weighted by Crippen LogP contribution is 2.53. The van der Waals surface area contributed by atoms with Crippen LogP contribution in [0.2, 0.25) is 0 Å². The number of hydrogen-bond acceptors (Lipinski definition) is 4. The fourth-order valence-electron chi connectivity index (χ4n) is 7.17. The van der Waals surface area contributed by atoms with Crippen molar-refractivity contribution in [2.45, 2.75) is 19.3 Å². The number of benzene rings is 5. The second-order valence-corrected chi connectivity index (χ2v) is 12.3. The van der Waals surface area contributed by atoms with Gasteiger partial charge in [0.05, 0.1) is 11.0 Å². The van der Waals surface area contributed by atoms with Crippen molar-refractivity contribution in [3.8, 4) is 51.1 Å². The monoisotopic (exact) mass is 591 g/mol. The zero-order valence-corrected chi connectivity index (χ0v) is 25.5. The Morgan fingerprint density at radius 1 is 0.500 bits per heavy atom. The zero-order chi connectivity index (χ0) is 30.8. The molecule has 5 nitrogen and oxygen atoms in total. The molecule has 0 aliphatic heterocycles. The molecular weight excluding hydrogens is 562 g/mol. The molecule has 0 radical (unpaired) electrons. The van der Waals surface area contributed by atoms with Crippen LogP contribution in [0.25, 0.3) is 72.9 Å². The third kappa shape index (κ3) is 3.95. The lowest BCUT2D eigenvalue weighted by Crippen LogP contribution is -2.15. The third-order valence-electron chi connectivity index (χ3n) is 9.29. The van der Waals surface area contributed by atoms with Gasteiger partial charge in [-0.2, -0.15) is 0 Å². The predicted molar refractivity (Wildman–Crippen MR) is 186 cm³/mol. The predicted octanol–water partition coefficient (Wildman–Crippen LogP) is 9.67. The summed E-state index contributed by atoms with van der Waals surface area (Å²) in [7, 11) is 0. The summed E-state index contributed by atoms with van der Waals surface area (Å²) in [6.07, 6.45) is 1.88. The third-order valence-corrected chi connectivity index (χ3v) is 9.29. The smallest absolute Gasteiger partial charge is 0.165 e. The van der Waals surface area contributed by atoms with Gasteiger partial charge in [-0.25, -0.2) is 19.9 Å². The number of para-hydroxylation sites is 1. The molecule has 9 rings (SSSR count). The topological polar surface area (TPSA) is 56.5 Å². The number of hydrogen-bond donors (Lipinski definition) is 0. The van der Waals surface area contributed by atoms with Crippen molar-refractivity contribution in [2.75, 3.05) is 0 Å². The summed E-state index contributed by atoms with van der Waals surface area (Å²) in [6.45, 7) is 4.69. The van der Waals surface area contributed by atoms with E-state index in [9.17, 15) is 0 Å². The first-order valence-corrected chi connectivity index (χ1v) is 15.6. The zero-order valence-electron chi connectivity index (χ0n) is 25.5. The molecule has 0 amide bonds. The molecule has 8 aromatic rings. The van der Waals surface area contributed by atoms with Gasteiger partial charge in [0, 0.05) is 39.1 Å². The minimum absolute atomic E-state index is 0.122. The van der Waals surface area contributed by atoms with Crippen molar-refractivity contribution < 1.29 is 0 Å². The van der Waals surface area contributed by atoms with Crippen LogP contribution in [0.4, 0.5) is 0 Å². The van der Waals surface area contributed by atoms with Gasteiger partial charge in [-0.3, -0.25) is 4.57 Å². The summed E-state index contributed by atoms with van der Waals surface area (Å²) >= 11 is 0. The molecule has 0 fully saturated rings. The fraction of sp³-hybridized carbons (Fsp3) is 0.0732. The van der Waals surface area contributed by atoms with Gasteiger partial charge in [0.25, 0.3) is 0 Å². The first-order chi connectivity index (χ1) is 22.6. The van der Waals surface area contributed by atoms with Crippen molar-refractivity contribution >= 4 is 21.8 Å². The van der Waals surface area contributed by atoms with Crippen LogP contribution in [0.1, 0.15) is 25.0 Å². The van der Waals surface area contributed by atoms with Crippen LogP contribution in [0, 0.1) is 0 Å². The lowest BCUT2D eigenvalue weighted by Gasteiger charge is -2.22. The molecule has 0 atom stereocenters. The molecule has 0 bridgehead atoms. The average molecular weight is 592 g/mol. The Morgan fingerprint density at radius 2 is 1.11 bits per heavy atom. The molecule has 0 spiro atoms. The highest BCUT2D eigenvalue weighted by Gasteiger charge is 2.38. The van der Waals surface area contributed by atoms with Crippen molar-refractivity contribution in [1.82, 2.24) is 24.5 Å². The number of nitrogens with zero attached hydrogens (tertiary/aromatic N) is 5. The van der Waals surface area contributed by atoms with Crippen molar-refractivity contribution in [3.63, 3.8) is 0 Å². The quantitative estimate of drug-likeness (QED) is 0.204. The summed E-state index contributed by atoms with van der Waals surface area (Å²) in [5.41, 5.74) is 10.3. The lowest BCUT2D eigenvalue weighted by atomic mass is 9.80. The van der Waals surface area contributed by atoms with Crippen molar-refractivity contribution in [3.05, 3.63) is 151 Å². The Hall–Kier alpha value is -5.94. The van der Waals surface area contributed by atoms with Crippen molar-refractivity contribution in [2.24, 2.45) is 0 Å².